The lowest BCUT2D eigenvalue weighted by atomic mass is 9.96. The Morgan fingerprint density at radius 1 is 1.19 bits per heavy atom. The number of imidazole rings is 1. The maximum absolute atomic E-state index is 12.4. The summed E-state index contributed by atoms with van der Waals surface area (Å²) < 4.78 is 0. The Balaban J connectivity index is 1.43. The number of nitrogens with zero attached hydrogens (tertiary/aromatic N) is 2. The van der Waals surface area contributed by atoms with Crippen molar-refractivity contribution in [3.63, 3.8) is 0 Å². The minimum Gasteiger partial charge on any atom is -0.353 e. The van der Waals surface area contributed by atoms with Crippen LogP contribution in [-0.4, -0.2) is 40.4 Å². The number of likely N-dealkylation sites (tertiary alicyclic amines) is 1. The van der Waals surface area contributed by atoms with Crippen LogP contribution in [0.2, 0.25) is 0 Å². The molecule has 5 heteroatoms. The molecule has 0 saturated carbocycles. The molecule has 4 rings (SSSR count). The summed E-state index contributed by atoms with van der Waals surface area (Å²) in [5.74, 6) is 1.07. The molecule has 5 nitrogen and oxygen atoms in total. The standard InChI is InChI=1S/C21H24N4O/c1-25-12-11-16(22-20(26)13-15-7-3-2-4-8-15)14-19(25)21-23-17-9-5-6-10-18(17)24-21/h2-10,16,19H,11-14H2,1H3,(H,22,26)(H,23,24)/t16-,19-/m1/s1. The number of hydrogen-bond donors (Lipinski definition) is 2. The zero-order valence-electron chi connectivity index (χ0n) is 15.0. The number of H-pyrrole nitrogens is 1. The van der Waals surface area contributed by atoms with Gasteiger partial charge in [0.05, 0.1) is 23.5 Å². The molecule has 26 heavy (non-hydrogen) atoms. The van der Waals surface area contributed by atoms with E-state index in [0.29, 0.717) is 6.42 Å². The van der Waals surface area contributed by atoms with Crippen molar-refractivity contribution in [3.8, 4) is 0 Å². The van der Waals surface area contributed by atoms with Crippen LogP contribution in [-0.2, 0) is 11.2 Å². The average Bonchev–Trinajstić information content (AvgIpc) is 3.08. The topological polar surface area (TPSA) is 61.0 Å². The third-order valence-electron chi connectivity index (χ3n) is 5.17. The van der Waals surface area contributed by atoms with Crippen molar-refractivity contribution < 1.29 is 4.79 Å². The van der Waals surface area contributed by atoms with Gasteiger partial charge in [0.2, 0.25) is 5.91 Å². The van der Waals surface area contributed by atoms with Crippen LogP contribution < -0.4 is 5.32 Å². The van der Waals surface area contributed by atoms with Gasteiger partial charge in [-0.2, -0.15) is 0 Å². The minimum atomic E-state index is 0.0918. The van der Waals surface area contributed by atoms with Gasteiger partial charge in [-0.1, -0.05) is 42.5 Å². The Bertz CT molecular complexity index is 856. The van der Waals surface area contributed by atoms with Crippen molar-refractivity contribution >= 4 is 16.9 Å². The number of nitrogens with one attached hydrogen (secondary N) is 2. The molecule has 1 aromatic heterocycles. The van der Waals surface area contributed by atoms with E-state index < -0.39 is 0 Å². The molecule has 0 aliphatic carbocycles. The highest BCUT2D eigenvalue weighted by Gasteiger charge is 2.30. The summed E-state index contributed by atoms with van der Waals surface area (Å²) in [5, 5.41) is 3.21. The molecule has 0 unspecified atom stereocenters. The van der Waals surface area contributed by atoms with Gasteiger partial charge >= 0.3 is 0 Å². The minimum absolute atomic E-state index is 0.0918. The lowest BCUT2D eigenvalue weighted by molar-refractivity contribution is -0.121. The van der Waals surface area contributed by atoms with Crippen molar-refractivity contribution in [2.24, 2.45) is 0 Å². The molecule has 1 saturated heterocycles. The summed E-state index contributed by atoms with van der Waals surface area (Å²) in [4.78, 5) is 22.9. The van der Waals surface area contributed by atoms with Gasteiger partial charge in [0.15, 0.2) is 0 Å². The van der Waals surface area contributed by atoms with Gasteiger partial charge in [-0.3, -0.25) is 9.69 Å². The van der Waals surface area contributed by atoms with Crippen LogP contribution in [0.25, 0.3) is 11.0 Å². The second-order valence-electron chi connectivity index (χ2n) is 7.09. The molecule has 1 fully saturated rings. The molecule has 0 bridgehead atoms. The van der Waals surface area contributed by atoms with Crippen LogP contribution in [0.5, 0.6) is 0 Å². The zero-order valence-corrected chi connectivity index (χ0v) is 15.0. The highest BCUT2D eigenvalue weighted by molar-refractivity contribution is 5.79. The molecule has 1 aliphatic rings. The lowest BCUT2D eigenvalue weighted by Crippen LogP contribution is -2.45. The lowest BCUT2D eigenvalue weighted by Gasteiger charge is -2.36. The fourth-order valence-electron chi connectivity index (χ4n) is 3.72. The maximum atomic E-state index is 12.4. The Morgan fingerprint density at radius 3 is 2.77 bits per heavy atom. The van der Waals surface area contributed by atoms with Crippen molar-refractivity contribution in [1.82, 2.24) is 20.2 Å². The van der Waals surface area contributed by atoms with E-state index in [-0.39, 0.29) is 18.0 Å². The molecule has 1 aliphatic heterocycles. The second kappa shape index (κ2) is 7.30. The van der Waals surface area contributed by atoms with Crippen LogP contribution in [0.4, 0.5) is 0 Å². The van der Waals surface area contributed by atoms with E-state index in [0.717, 1.165) is 41.8 Å². The Morgan fingerprint density at radius 2 is 1.96 bits per heavy atom. The predicted octanol–water partition coefficient (Wildman–Crippen LogP) is 3.06. The van der Waals surface area contributed by atoms with Crippen LogP contribution in [0.15, 0.2) is 54.6 Å². The highest BCUT2D eigenvalue weighted by Crippen LogP contribution is 2.29. The molecule has 3 aromatic rings. The SMILES string of the molecule is CN1CC[C@@H](NC(=O)Cc2ccccc2)C[C@@H]1c1nc2ccccc2[nH]1. The van der Waals surface area contributed by atoms with Crippen LogP contribution >= 0.6 is 0 Å². The zero-order chi connectivity index (χ0) is 17.9. The molecule has 0 spiro atoms. The molecule has 2 heterocycles. The van der Waals surface area contributed by atoms with Crippen molar-refractivity contribution in [3.05, 3.63) is 66.0 Å². The van der Waals surface area contributed by atoms with Gasteiger partial charge in [0, 0.05) is 12.6 Å². The molecule has 1 amide bonds. The van der Waals surface area contributed by atoms with Gasteiger partial charge in [0.25, 0.3) is 0 Å². The van der Waals surface area contributed by atoms with Crippen molar-refractivity contribution in [2.45, 2.75) is 31.3 Å². The third kappa shape index (κ3) is 3.63. The summed E-state index contributed by atoms with van der Waals surface area (Å²) in [6.45, 7) is 0.942. The maximum Gasteiger partial charge on any atom is 0.224 e. The van der Waals surface area contributed by atoms with Gasteiger partial charge < -0.3 is 10.3 Å². The van der Waals surface area contributed by atoms with Gasteiger partial charge in [-0.15, -0.1) is 0 Å². The van der Waals surface area contributed by atoms with E-state index in [2.05, 4.69) is 22.2 Å². The Labute approximate surface area is 153 Å². The third-order valence-corrected chi connectivity index (χ3v) is 5.17. The van der Waals surface area contributed by atoms with Crippen LogP contribution in [0.1, 0.15) is 30.3 Å². The summed E-state index contributed by atoms with van der Waals surface area (Å²) >= 11 is 0. The van der Waals surface area contributed by atoms with Crippen LogP contribution in [0.3, 0.4) is 0 Å². The number of piperidine rings is 1. The molecule has 2 aromatic carbocycles. The van der Waals surface area contributed by atoms with E-state index in [9.17, 15) is 4.79 Å². The van der Waals surface area contributed by atoms with E-state index >= 15 is 0 Å². The number of carbonyl (C=O) groups is 1. The van der Waals surface area contributed by atoms with Crippen molar-refractivity contribution in [2.75, 3.05) is 13.6 Å². The number of para-hydroxylation sites is 2. The van der Waals surface area contributed by atoms with E-state index in [1.54, 1.807) is 0 Å². The van der Waals surface area contributed by atoms with Crippen LogP contribution in [0, 0.1) is 0 Å². The first-order valence-electron chi connectivity index (χ1n) is 9.17. The van der Waals surface area contributed by atoms with E-state index in [4.69, 9.17) is 4.98 Å². The molecular weight excluding hydrogens is 324 g/mol. The molecule has 134 valence electrons. The number of hydrogen-bond acceptors (Lipinski definition) is 3. The fourth-order valence-corrected chi connectivity index (χ4v) is 3.72. The average molecular weight is 348 g/mol. The first-order valence-corrected chi connectivity index (χ1v) is 9.17. The van der Waals surface area contributed by atoms with E-state index in [1.807, 2.05) is 54.6 Å². The number of benzene rings is 2. The summed E-state index contributed by atoms with van der Waals surface area (Å²) in [6, 6.07) is 18.4. The normalized spacial score (nSPS) is 21.0. The van der Waals surface area contributed by atoms with Gasteiger partial charge in [-0.25, -0.2) is 4.98 Å². The second-order valence-corrected chi connectivity index (χ2v) is 7.09. The summed E-state index contributed by atoms with van der Waals surface area (Å²) in [7, 11) is 2.12. The fraction of sp³-hybridized carbons (Fsp3) is 0.333. The number of aromatic nitrogens is 2. The number of carbonyl (C=O) groups excluding carboxylic acids is 1. The largest absolute Gasteiger partial charge is 0.353 e. The number of fused-ring (bicyclic) bond motifs is 1. The number of rotatable bonds is 4. The monoisotopic (exact) mass is 348 g/mol. The number of amides is 1. The Kier molecular flexibility index (Phi) is 4.71. The predicted molar refractivity (Wildman–Crippen MR) is 103 cm³/mol. The number of aromatic amines is 1. The van der Waals surface area contributed by atoms with Gasteiger partial charge in [0.1, 0.15) is 5.82 Å². The van der Waals surface area contributed by atoms with Gasteiger partial charge in [-0.05, 0) is 37.6 Å². The molecule has 2 atom stereocenters. The summed E-state index contributed by atoms with van der Waals surface area (Å²) in [5.41, 5.74) is 3.10. The van der Waals surface area contributed by atoms with E-state index in [1.165, 1.54) is 0 Å². The molecule has 2 N–H and O–H groups in total. The first kappa shape index (κ1) is 16.8. The Hall–Kier alpha value is -2.66. The first-order chi connectivity index (χ1) is 12.7. The highest BCUT2D eigenvalue weighted by atomic mass is 16.1. The quantitative estimate of drug-likeness (QED) is 0.762. The molecular formula is C21H24N4O. The molecule has 0 radical (unpaired) electrons. The van der Waals surface area contributed by atoms with Crippen molar-refractivity contribution in [1.29, 1.82) is 0 Å². The smallest absolute Gasteiger partial charge is 0.224 e. The summed E-state index contributed by atoms with van der Waals surface area (Å²) in [6.07, 6.45) is 2.27.